The van der Waals surface area contributed by atoms with Crippen molar-refractivity contribution < 1.29 is 5.11 Å². The lowest BCUT2D eigenvalue weighted by atomic mass is 9.92. The molecule has 0 atom stereocenters. The molecular weight excluding hydrogens is 224 g/mol. The van der Waals surface area contributed by atoms with E-state index < -0.39 is 0 Å². The Balaban J connectivity index is 1.65. The first kappa shape index (κ1) is 13.5. The molecule has 0 unspecified atom stereocenters. The van der Waals surface area contributed by atoms with E-state index in [1.807, 2.05) is 12.4 Å². The van der Waals surface area contributed by atoms with E-state index in [1.165, 1.54) is 37.9 Å². The van der Waals surface area contributed by atoms with E-state index in [4.69, 9.17) is 5.11 Å². The van der Waals surface area contributed by atoms with Crippen LogP contribution in [-0.2, 0) is 6.42 Å². The number of rotatable bonds is 6. The van der Waals surface area contributed by atoms with Gasteiger partial charge in [-0.15, -0.1) is 0 Å². The van der Waals surface area contributed by atoms with Crippen molar-refractivity contribution in [1.82, 2.24) is 9.88 Å². The molecule has 1 aromatic heterocycles. The summed E-state index contributed by atoms with van der Waals surface area (Å²) in [4.78, 5) is 6.61. The van der Waals surface area contributed by atoms with E-state index in [-0.39, 0.29) is 0 Å². The lowest BCUT2D eigenvalue weighted by Crippen LogP contribution is -2.35. The van der Waals surface area contributed by atoms with Crippen LogP contribution in [0.1, 0.15) is 31.2 Å². The predicted molar refractivity (Wildman–Crippen MR) is 73.4 cm³/mol. The number of aliphatic hydroxyl groups is 1. The first-order valence-corrected chi connectivity index (χ1v) is 7.10. The molecule has 0 aromatic carbocycles. The maximum atomic E-state index is 8.84. The van der Waals surface area contributed by atoms with E-state index in [1.54, 1.807) is 0 Å². The zero-order valence-electron chi connectivity index (χ0n) is 11.1. The van der Waals surface area contributed by atoms with Crippen LogP contribution in [0.4, 0.5) is 0 Å². The third-order valence-corrected chi connectivity index (χ3v) is 3.94. The molecule has 1 N–H and O–H groups in total. The summed E-state index contributed by atoms with van der Waals surface area (Å²) in [6.07, 6.45) is 9.65. The van der Waals surface area contributed by atoms with Gasteiger partial charge in [0.2, 0.25) is 0 Å². The summed E-state index contributed by atoms with van der Waals surface area (Å²) in [6, 6.07) is 4.21. The zero-order chi connectivity index (χ0) is 12.6. The van der Waals surface area contributed by atoms with Crippen LogP contribution in [-0.4, -0.2) is 41.2 Å². The molecule has 100 valence electrons. The quantitative estimate of drug-likeness (QED) is 0.837. The molecule has 1 saturated heterocycles. The second-order valence-corrected chi connectivity index (χ2v) is 5.26. The van der Waals surface area contributed by atoms with Gasteiger partial charge in [0.05, 0.1) is 0 Å². The van der Waals surface area contributed by atoms with Gasteiger partial charge in [0.1, 0.15) is 0 Å². The van der Waals surface area contributed by atoms with Gasteiger partial charge in [-0.05, 0) is 68.8 Å². The normalized spacial score (nSPS) is 18.1. The highest BCUT2D eigenvalue weighted by molar-refractivity contribution is 5.09. The zero-order valence-corrected chi connectivity index (χ0v) is 11.1. The number of aliphatic hydroxyl groups excluding tert-OH is 1. The number of hydrogen-bond acceptors (Lipinski definition) is 3. The van der Waals surface area contributed by atoms with Crippen molar-refractivity contribution in [1.29, 1.82) is 0 Å². The van der Waals surface area contributed by atoms with Crippen molar-refractivity contribution in [2.75, 3.05) is 26.2 Å². The number of likely N-dealkylation sites (tertiary alicyclic amines) is 1. The van der Waals surface area contributed by atoms with Crippen molar-refractivity contribution in [3.8, 4) is 0 Å². The molecule has 3 nitrogen and oxygen atoms in total. The first-order valence-electron chi connectivity index (χ1n) is 7.10. The maximum absolute atomic E-state index is 8.84. The fourth-order valence-electron chi connectivity index (χ4n) is 2.72. The Bertz CT molecular complexity index is 321. The summed E-state index contributed by atoms with van der Waals surface area (Å²) in [5.41, 5.74) is 1.38. The summed E-state index contributed by atoms with van der Waals surface area (Å²) in [7, 11) is 0. The highest BCUT2D eigenvalue weighted by Gasteiger charge is 2.18. The van der Waals surface area contributed by atoms with Crippen LogP contribution in [0.25, 0.3) is 0 Å². The summed E-state index contributed by atoms with van der Waals surface area (Å²) < 4.78 is 0. The molecule has 0 saturated carbocycles. The Kier molecular flexibility index (Phi) is 5.62. The van der Waals surface area contributed by atoms with Crippen LogP contribution in [0.2, 0.25) is 0 Å². The average Bonchev–Trinajstić information content (AvgIpc) is 2.45. The maximum Gasteiger partial charge on any atom is 0.0431 e. The number of aromatic nitrogens is 1. The van der Waals surface area contributed by atoms with E-state index in [9.17, 15) is 0 Å². The summed E-state index contributed by atoms with van der Waals surface area (Å²) in [6.45, 7) is 3.96. The van der Waals surface area contributed by atoms with Gasteiger partial charge in [0.25, 0.3) is 0 Å². The van der Waals surface area contributed by atoms with Crippen molar-refractivity contribution in [2.24, 2.45) is 5.92 Å². The average molecular weight is 248 g/mol. The van der Waals surface area contributed by atoms with Crippen molar-refractivity contribution in [3.05, 3.63) is 30.1 Å². The molecule has 1 aliphatic rings. The predicted octanol–water partition coefficient (Wildman–Crippen LogP) is 2.11. The minimum absolute atomic E-state index is 0.349. The Labute approximate surface area is 110 Å². The molecule has 1 aromatic rings. The number of piperidine rings is 1. The molecule has 3 heteroatoms. The van der Waals surface area contributed by atoms with Gasteiger partial charge in [-0.25, -0.2) is 0 Å². The SMILES string of the molecule is OCCCC1CCN(CCc2ccncc2)CC1. The minimum Gasteiger partial charge on any atom is -0.396 e. The largest absolute Gasteiger partial charge is 0.396 e. The van der Waals surface area contributed by atoms with E-state index in [0.29, 0.717) is 6.61 Å². The molecule has 0 spiro atoms. The molecule has 2 rings (SSSR count). The van der Waals surface area contributed by atoms with Crippen molar-refractivity contribution >= 4 is 0 Å². The van der Waals surface area contributed by atoms with Crippen LogP contribution < -0.4 is 0 Å². The second kappa shape index (κ2) is 7.49. The summed E-state index contributed by atoms with van der Waals surface area (Å²) in [5, 5.41) is 8.84. The van der Waals surface area contributed by atoms with Crippen LogP contribution in [0.15, 0.2) is 24.5 Å². The van der Waals surface area contributed by atoms with Gasteiger partial charge in [-0.3, -0.25) is 4.98 Å². The molecule has 1 aliphatic heterocycles. The van der Waals surface area contributed by atoms with Gasteiger partial charge < -0.3 is 10.0 Å². The molecule has 0 amide bonds. The number of pyridine rings is 1. The van der Waals surface area contributed by atoms with E-state index in [0.717, 1.165) is 25.3 Å². The molecule has 18 heavy (non-hydrogen) atoms. The highest BCUT2D eigenvalue weighted by Crippen LogP contribution is 2.21. The third kappa shape index (κ3) is 4.39. The van der Waals surface area contributed by atoms with E-state index >= 15 is 0 Å². The van der Waals surface area contributed by atoms with Gasteiger partial charge in [-0.2, -0.15) is 0 Å². The molecule has 0 radical (unpaired) electrons. The van der Waals surface area contributed by atoms with Crippen LogP contribution in [0, 0.1) is 5.92 Å². The van der Waals surface area contributed by atoms with E-state index in [2.05, 4.69) is 22.0 Å². The van der Waals surface area contributed by atoms with Crippen LogP contribution in [0.5, 0.6) is 0 Å². The lowest BCUT2D eigenvalue weighted by Gasteiger charge is -2.31. The van der Waals surface area contributed by atoms with Gasteiger partial charge >= 0.3 is 0 Å². The monoisotopic (exact) mass is 248 g/mol. The fraction of sp³-hybridized carbons (Fsp3) is 0.667. The van der Waals surface area contributed by atoms with Gasteiger partial charge in [-0.1, -0.05) is 0 Å². The van der Waals surface area contributed by atoms with Crippen molar-refractivity contribution in [2.45, 2.75) is 32.1 Å². The fourth-order valence-corrected chi connectivity index (χ4v) is 2.72. The third-order valence-electron chi connectivity index (χ3n) is 3.94. The Morgan fingerprint density at radius 2 is 1.94 bits per heavy atom. The van der Waals surface area contributed by atoms with Crippen LogP contribution >= 0.6 is 0 Å². The Hall–Kier alpha value is -0.930. The molecular formula is C15H24N2O. The minimum atomic E-state index is 0.349. The van der Waals surface area contributed by atoms with Crippen LogP contribution in [0.3, 0.4) is 0 Å². The summed E-state index contributed by atoms with van der Waals surface area (Å²) in [5.74, 6) is 0.842. The topological polar surface area (TPSA) is 36.4 Å². The standard InChI is InChI=1S/C15H24N2O/c18-13-1-2-14-5-10-17(11-6-14)12-7-15-3-8-16-9-4-15/h3-4,8-9,14,18H,1-2,5-7,10-13H2. The molecule has 0 aliphatic carbocycles. The smallest absolute Gasteiger partial charge is 0.0431 e. The Morgan fingerprint density at radius 1 is 1.22 bits per heavy atom. The Morgan fingerprint density at radius 3 is 2.61 bits per heavy atom. The highest BCUT2D eigenvalue weighted by atomic mass is 16.2. The number of hydrogen-bond donors (Lipinski definition) is 1. The second-order valence-electron chi connectivity index (χ2n) is 5.26. The van der Waals surface area contributed by atoms with Gasteiger partial charge in [0, 0.05) is 25.5 Å². The van der Waals surface area contributed by atoms with Crippen molar-refractivity contribution in [3.63, 3.8) is 0 Å². The molecule has 0 bridgehead atoms. The van der Waals surface area contributed by atoms with Gasteiger partial charge in [0.15, 0.2) is 0 Å². The molecule has 1 fully saturated rings. The number of nitrogens with zero attached hydrogens (tertiary/aromatic N) is 2. The summed E-state index contributed by atoms with van der Waals surface area (Å²) >= 11 is 0. The lowest BCUT2D eigenvalue weighted by molar-refractivity contribution is 0.171. The first-order chi connectivity index (χ1) is 8.88. The molecule has 2 heterocycles.